The van der Waals surface area contributed by atoms with E-state index < -0.39 is 18.0 Å². The number of amides is 1. The molecule has 218 valence electrons. The predicted octanol–water partition coefficient (Wildman–Crippen LogP) is 1.64. The fourth-order valence-corrected chi connectivity index (χ4v) is 8.08. The number of fused-ring (bicyclic) bond motifs is 7. The summed E-state index contributed by atoms with van der Waals surface area (Å²) in [5.74, 6) is -2.41. The number of hydrogen-bond donors (Lipinski definition) is 2. The molecule has 6 aliphatic rings. The van der Waals surface area contributed by atoms with E-state index in [0.717, 1.165) is 65.9 Å². The van der Waals surface area contributed by atoms with Crippen LogP contribution in [0, 0.1) is 5.92 Å². The Morgan fingerprint density at radius 1 is 0.952 bits per heavy atom. The summed E-state index contributed by atoms with van der Waals surface area (Å²) < 4.78 is 6.73. The number of rotatable bonds is 7. The standard InChI is InChI=1S/C32H34N3O7/c1-18(36)28-26-15-23(29(32(40)41)33(26)31(28)39)20-4-6-21-24-13-19(3-5-22(24)30(38)25(21)14-20)16-34-7-10-35(11-8-34,12-9-34)17-27(37)42-2/h3-6,13-14,18,26,28,36H,7-12,15-17H2,1-2H3/q+1/p+1/t18-,26-,28-,34?,35?/m1/s1. The second kappa shape index (κ2) is 9.32. The smallest absolute Gasteiger partial charge is 0.361 e. The molecular formula is C32H35N3O7+2. The zero-order chi connectivity index (χ0) is 29.6. The van der Waals surface area contributed by atoms with E-state index in [1.165, 1.54) is 17.6 Å². The lowest BCUT2D eigenvalue weighted by atomic mass is 9.82. The van der Waals surface area contributed by atoms with Gasteiger partial charge in [-0.3, -0.25) is 9.59 Å². The lowest BCUT2D eigenvalue weighted by Gasteiger charge is -2.55. The quantitative estimate of drug-likeness (QED) is 0.250. The molecule has 10 nitrogen and oxygen atoms in total. The Labute approximate surface area is 243 Å². The molecule has 1 amide bonds. The van der Waals surface area contributed by atoms with Crippen molar-refractivity contribution in [3.05, 3.63) is 64.3 Å². The summed E-state index contributed by atoms with van der Waals surface area (Å²) in [4.78, 5) is 51.6. The third kappa shape index (κ3) is 3.89. The maximum Gasteiger partial charge on any atom is 0.361 e. The highest BCUT2D eigenvalue weighted by atomic mass is 16.5. The molecule has 2 aromatic carbocycles. The van der Waals surface area contributed by atoms with Gasteiger partial charge < -0.3 is 28.8 Å². The van der Waals surface area contributed by atoms with E-state index in [4.69, 9.17) is 4.74 Å². The molecule has 2 N–H and O–H groups in total. The highest BCUT2D eigenvalue weighted by molar-refractivity contribution is 6.22. The number of hydrogen-bond acceptors (Lipinski definition) is 6. The van der Waals surface area contributed by atoms with E-state index in [9.17, 15) is 29.4 Å². The predicted molar refractivity (Wildman–Crippen MR) is 151 cm³/mol. The normalized spacial score (nSPS) is 29.6. The molecule has 3 atom stereocenters. The number of carboxylic acids is 1. The number of methoxy groups -OCH3 is 1. The number of ether oxygens (including phenoxy) is 1. The van der Waals surface area contributed by atoms with E-state index in [1.54, 1.807) is 13.0 Å². The number of carbonyl (C=O) groups excluding carboxylic acids is 3. The van der Waals surface area contributed by atoms with E-state index in [-0.39, 0.29) is 29.4 Å². The fourth-order valence-electron chi connectivity index (χ4n) is 8.08. The lowest BCUT2D eigenvalue weighted by molar-refractivity contribution is -1.08. The Hall–Kier alpha value is -3.86. The molecular weight excluding hydrogens is 538 g/mol. The van der Waals surface area contributed by atoms with Crippen LogP contribution in [0.25, 0.3) is 16.7 Å². The largest absolute Gasteiger partial charge is 0.477 e. The first-order chi connectivity index (χ1) is 20.1. The highest BCUT2D eigenvalue weighted by Crippen LogP contribution is 2.48. The van der Waals surface area contributed by atoms with Crippen LogP contribution in [0.3, 0.4) is 0 Å². The minimum absolute atomic E-state index is 0.0571. The van der Waals surface area contributed by atoms with Gasteiger partial charge >= 0.3 is 11.9 Å². The van der Waals surface area contributed by atoms with Crippen LogP contribution >= 0.6 is 0 Å². The first-order valence-corrected chi connectivity index (χ1v) is 14.6. The third-order valence-corrected chi connectivity index (χ3v) is 10.5. The summed E-state index contributed by atoms with van der Waals surface area (Å²) in [5.41, 5.74) is 5.17. The average molecular weight is 574 g/mol. The van der Waals surface area contributed by atoms with Crippen molar-refractivity contribution < 1.29 is 43.1 Å². The molecule has 0 spiro atoms. The molecule has 5 aliphatic heterocycles. The fraction of sp³-hybridized carbons (Fsp3) is 0.438. The molecule has 0 unspecified atom stereocenters. The van der Waals surface area contributed by atoms with Crippen molar-refractivity contribution in [3.8, 4) is 11.1 Å². The van der Waals surface area contributed by atoms with Gasteiger partial charge in [-0.15, -0.1) is 0 Å². The van der Waals surface area contributed by atoms with E-state index in [2.05, 4.69) is 6.07 Å². The molecule has 10 heteroatoms. The molecule has 8 rings (SSSR count). The third-order valence-electron chi connectivity index (χ3n) is 10.5. The van der Waals surface area contributed by atoms with Crippen LogP contribution in [0.5, 0.6) is 0 Å². The number of quaternary nitrogens is 2. The van der Waals surface area contributed by atoms with Gasteiger partial charge in [0.05, 0.1) is 25.2 Å². The van der Waals surface area contributed by atoms with Gasteiger partial charge in [0.15, 0.2) is 12.3 Å². The van der Waals surface area contributed by atoms with Gasteiger partial charge in [0.1, 0.15) is 51.5 Å². The van der Waals surface area contributed by atoms with Crippen molar-refractivity contribution in [1.82, 2.24) is 4.90 Å². The van der Waals surface area contributed by atoms with Gasteiger partial charge in [0, 0.05) is 16.7 Å². The zero-order valence-electron chi connectivity index (χ0n) is 23.8. The number of carbonyl (C=O) groups is 4. The van der Waals surface area contributed by atoms with Gasteiger partial charge in [-0.2, -0.15) is 0 Å². The van der Waals surface area contributed by atoms with Gasteiger partial charge in [-0.1, -0.05) is 18.2 Å². The number of esters is 1. The van der Waals surface area contributed by atoms with Crippen molar-refractivity contribution in [2.24, 2.45) is 5.92 Å². The maximum atomic E-state index is 13.5. The summed E-state index contributed by atoms with van der Waals surface area (Å²) in [6, 6.07) is 11.2. The molecule has 0 aromatic heterocycles. The molecule has 4 fully saturated rings. The summed E-state index contributed by atoms with van der Waals surface area (Å²) in [6.45, 7) is 8.76. The number of ketones is 1. The molecule has 1 aliphatic carbocycles. The van der Waals surface area contributed by atoms with E-state index >= 15 is 0 Å². The number of piperazine rings is 3. The average Bonchev–Trinajstić information content (AvgIpc) is 3.46. The Morgan fingerprint density at radius 3 is 2.26 bits per heavy atom. The van der Waals surface area contributed by atoms with Gasteiger partial charge in [-0.05, 0) is 53.8 Å². The molecule has 5 heterocycles. The number of benzene rings is 2. The summed E-state index contributed by atoms with van der Waals surface area (Å²) >= 11 is 0. The Bertz CT molecular complexity index is 1580. The summed E-state index contributed by atoms with van der Waals surface area (Å²) in [5, 5.41) is 20.0. The van der Waals surface area contributed by atoms with Crippen LogP contribution < -0.4 is 0 Å². The minimum Gasteiger partial charge on any atom is -0.477 e. The van der Waals surface area contributed by atoms with Crippen LogP contribution in [0.2, 0.25) is 0 Å². The lowest BCUT2D eigenvalue weighted by Crippen LogP contribution is -2.75. The van der Waals surface area contributed by atoms with Crippen molar-refractivity contribution in [2.75, 3.05) is 52.9 Å². The van der Waals surface area contributed by atoms with Gasteiger partial charge in [-0.25, -0.2) is 9.59 Å². The van der Waals surface area contributed by atoms with Crippen LogP contribution in [0.15, 0.2) is 42.1 Å². The number of aliphatic hydroxyl groups excluding tert-OH is 1. The van der Waals surface area contributed by atoms with Crippen molar-refractivity contribution >= 4 is 29.2 Å². The number of carboxylic acid groups (broad SMARTS) is 1. The molecule has 0 radical (unpaired) electrons. The minimum atomic E-state index is -1.19. The van der Waals surface area contributed by atoms with Crippen molar-refractivity contribution in [2.45, 2.75) is 32.0 Å². The highest BCUT2D eigenvalue weighted by Gasteiger charge is 2.57. The number of nitrogens with zero attached hydrogens (tertiary/aromatic N) is 3. The van der Waals surface area contributed by atoms with Crippen LogP contribution in [0.1, 0.15) is 40.4 Å². The number of aliphatic carboxylic acids is 1. The Kier molecular flexibility index (Phi) is 5.99. The molecule has 0 saturated carbocycles. The molecule has 42 heavy (non-hydrogen) atoms. The first-order valence-electron chi connectivity index (χ1n) is 14.6. The Morgan fingerprint density at radius 2 is 1.62 bits per heavy atom. The maximum absolute atomic E-state index is 13.5. The van der Waals surface area contributed by atoms with E-state index in [0.29, 0.717) is 35.2 Å². The molecule has 4 saturated heterocycles. The van der Waals surface area contributed by atoms with Gasteiger partial charge in [0.25, 0.3) is 0 Å². The van der Waals surface area contributed by atoms with Crippen LogP contribution in [0.4, 0.5) is 0 Å². The second-order valence-corrected chi connectivity index (χ2v) is 12.8. The Balaban J connectivity index is 1.15. The molecule has 2 aromatic rings. The summed E-state index contributed by atoms with van der Waals surface area (Å²) in [6.07, 6.45) is -0.535. The summed E-state index contributed by atoms with van der Waals surface area (Å²) in [7, 11) is 1.45. The second-order valence-electron chi connectivity index (χ2n) is 12.8. The number of β-lactam (4-membered cyclic amide) rings is 1. The number of aliphatic hydroxyl groups is 1. The van der Waals surface area contributed by atoms with Crippen LogP contribution in [-0.4, -0.2) is 113 Å². The monoisotopic (exact) mass is 573 g/mol. The van der Waals surface area contributed by atoms with Crippen molar-refractivity contribution in [1.29, 1.82) is 0 Å². The van der Waals surface area contributed by atoms with Gasteiger partial charge in [0.2, 0.25) is 5.91 Å². The zero-order valence-corrected chi connectivity index (χ0v) is 23.8. The molecule has 2 bridgehead atoms. The SMILES string of the molecule is COC(=O)C[N+]12CC[N+](Cc3ccc4c(c3)-c3ccc(C5=C(C(=O)O)N6C(=O)[C@H]([C@@H](C)O)[C@H]6C5)cc3C4=O)(CC1)CC2. The van der Waals surface area contributed by atoms with E-state index in [1.807, 2.05) is 24.3 Å². The topological polar surface area (TPSA) is 121 Å². The first kappa shape index (κ1) is 27.0. The van der Waals surface area contributed by atoms with Crippen LogP contribution in [-0.2, 0) is 25.7 Å². The van der Waals surface area contributed by atoms with Crippen molar-refractivity contribution in [3.63, 3.8) is 0 Å².